The number of nitrogens with two attached hydrogens (primary N) is 1. The Morgan fingerprint density at radius 2 is 2.07 bits per heavy atom. The van der Waals surface area contributed by atoms with Crippen molar-refractivity contribution in [2.75, 3.05) is 0 Å². The Morgan fingerprint density at radius 1 is 1.50 bits per heavy atom. The van der Waals surface area contributed by atoms with Gasteiger partial charge < -0.3 is 4.74 Å². The summed E-state index contributed by atoms with van der Waals surface area (Å²) >= 11 is 0. The number of hydrogen-bond acceptors (Lipinski definition) is 4. The van der Waals surface area contributed by atoms with Crippen LogP contribution in [0.4, 0.5) is 5.69 Å². The standard InChI is InChI=1S/C9H12N2O3/c1-2-9(10)14-8-5-3-7(4-6-8)11(12)13/h3-6,9H,2,10H2,1H3. The van der Waals surface area contributed by atoms with Gasteiger partial charge in [-0.25, -0.2) is 0 Å². The van der Waals surface area contributed by atoms with Crippen molar-refractivity contribution in [2.24, 2.45) is 5.73 Å². The van der Waals surface area contributed by atoms with E-state index in [1.807, 2.05) is 6.92 Å². The monoisotopic (exact) mass is 196 g/mol. The molecule has 2 N–H and O–H groups in total. The van der Waals surface area contributed by atoms with Crippen LogP contribution in [0, 0.1) is 10.1 Å². The summed E-state index contributed by atoms with van der Waals surface area (Å²) in [5.74, 6) is 0.546. The van der Waals surface area contributed by atoms with Crippen molar-refractivity contribution >= 4 is 5.69 Å². The largest absolute Gasteiger partial charge is 0.476 e. The second-order valence-electron chi connectivity index (χ2n) is 2.82. The van der Waals surface area contributed by atoms with E-state index in [0.717, 1.165) is 0 Å². The molecule has 0 radical (unpaired) electrons. The van der Waals surface area contributed by atoms with Crippen molar-refractivity contribution in [1.82, 2.24) is 0 Å². The van der Waals surface area contributed by atoms with Gasteiger partial charge in [-0.05, 0) is 18.6 Å². The molecule has 0 saturated heterocycles. The van der Waals surface area contributed by atoms with E-state index >= 15 is 0 Å². The summed E-state index contributed by atoms with van der Waals surface area (Å²) in [4.78, 5) is 9.88. The molecular weight excluding hydrogens is 184 g/mol. The van der Waals surface area contributed by atoms with Gasteiger partial charge in [0.05, 0.1) is 4.92 Å². The van der Waals surface area contributed by atoms with Gasteiger partial charge in [-0.2, -0.15) is 0 Å². The van der Waals surface area contributed by atoms with Crippen molar-refractivity contribution in [3.05, 3.63) is 34.4 Å². The third-order valence-corrected chi connectivity index (χ3v) is 1.74. The van der Waals surface area contributed by atoms with Crippen LogP contribution >= 0.6 is 0 Å². The summed E-state index contributed by atoms with van der Waals surface area (Å²) in [7, 11) is 0. The summed E-state index contributed by atoms with van der Waals surface area (Å²) in [6.45, 7) is 1.90. The zero-order chi connectivity index (χ0) is 10.6. The second kappa shape index (κ2) is 4.57. The van der Waals surface area contributed by atoms with Gasteiger partial charge in [0.25, 0.3) is 5.69 Å². The van der Waals surface area contributed by atoms with Crippen molar-refractivity contribution in [3.63, 3.8) is 0 Å². The van der Waals surface area contributed by atoms with Gasteiger partial charge >= 0.3 is 0 Å². The molecule has 14 heavy (non-hydrogen) atoms. The highest BCUT2D eigenvalue weighted by molar-refractivity contribution is 5.35. The number of ether oxygens (including phenoxy) is 1. The molecule has 1 aromatic carbocycles. The smallest absolute Gasteiger partial charge is 0.269 e. The van der Waals surface area contributed by atoms with Crippen molar-refractivity contribution < 1.29 is 9.66 Å². The first-order valence-corrected chi connectivity index (χ1v) is 4.30. The number of benzene rings is 1. The Kier molecular flexibility index (Phi) is 3.41. The molecule has 0 aromatic heterocycles. The number of non-ortho nitro benzene ring substituents is 1. The molecule has 0 aliphatic heterocycles. The molecule has 0 fully saturated rings. The first-order valence-electron chi connectivity index (χ1n) is 4.30. The molecule has 0 amide bonds. The molecule has 0 bridgehead atoms. The third kappa shape index (κ3) is 2.70. The van der Waals surface area contributed by atoms with Crippen LogP contribution < -0.4 is 10.5 Å². The fourth-order valence-corrected chi connectivity index (χ4v) is 0.905. The Bertz CT molecular complexity index is 310. The van der Waals surface area contributed by atoms with Gasteiger partial charge in [-0.3, -0.25) is 15.8 Å². The summed E-state index contributed by atoms with van der Waals surface area (Å²) in [6, 6.07) is 5.84. The van der Waals surface area contributed by atoms with E-state index in [2.05, 4.69) is 0 Å². The molecule has 1 rings (SSSR count). The van der Waals surface area contributed by atoms with E-state index < -0.39 is 4.92 Å². The highest BCUT2D eigenvalue weighted by Crippen LogP contribution is 2.17. The van der Waals surface area contributed by atoms with Gasteiger partial charge in [-0.1, -0.05) is 6.92 Å². The fourth-order valence-electron chi connectivity index (χ4n) is 0.905. The number of hydrogen-bond donors (Lipinski definition) is 1. The predicted octanol–water partition coefficient (Wildman–Crippen LogP) is 1.67. The lowest BCUT2D eigenvalue weighted by Crippen LogP contribution is -2.25. The number of nitro benzene ring substituents is 1. The maximum Gasteiger partial charge on any atom is 0.269 e. The van der Waals surface area contributed by atoms with Gasteiger partial charge in [-0.15, -0.1) is 0 Å². The molecule has 1 atom stereocenters. The molecule has 1 aromatic rings. The summed E-state index contributed by atoms with van der Waals surface area (Å²) in [5.41, 5.74) is 5.59. The predicted molar refractivity (Wildman–Crippen MR) is 52.0 cm³/mol. The molecule has 5 heteroatoms. The molecule has 1 unspecified atom stereocenters. The third-order valence-electron chi connectivity index (χ3n) is 1.74. The van der Waals surface area contributed by atoms with Crippen LogP contribution in [0.25, 0.3) is 0 Å². The fraction of sp³-hybridized carbons (Fsp3) is 0.333. The number of nitro groups is 1. The Labute approximate surface area is 81.6 Å². The molecule has 0 aliphatic rings. The number of nitrogens with zero attached hydrogens (tertiary/aromatic N) is 1. The minimum absolute atomic E-state index is 0.0439. The van der Waals surface area contributed by atoms with Gasteiger partial charge in [0.15, 0.2) is 0 Å². The summed E-state index contributed by atoms with van der Waals surface area (Å²) in [5, 5.41) is 10.3. The SMILES string of the molecule is CCC(N)Oc1ccc([N+](=O)[O-])cc1. The molecule has 76 valence electrons. The average Bonchev–Trinajstić information content (AvgIpc) is 2.18. The maximum absolute atomic E-state index is 10.3. The first-order chi connectivity index (χ1) is 6.63. The summed E-state index contributed by atoms with van der Waals surface area (Å²) in [6.07, 6.45) is 0.327. The van der Waals surface area contributed by atoms with E-state index in [4.69, 9.17) is 10.5 Å². The van der Waals surface area contributed by atoms with Gasteiger partial charge in [0.2, 0.25) is 0 Å². The molecule has 0 spiro atoms. The van der Waals surface area contributed by atoms with E-state index in [0.29, 0.717) is 12.2 Å². The van der Waals surface area contributed by atoms with Crippen molar-refractivity contribution in [2.45, 2.75) is 19.6 Å². The Hall–Kier alpha value is -1.62. The van der Waals surface area contributed by atoms with Crippen LogP contribution in [0.3, 0.4) is 0 Å². The maximum atomic E-state index is 10.3. The topological polar surface area (TPSA) is 78.4 Å². The highest BCUT2D eigenvalue weighted by atomic mass is 16.6. The van der Waals surface area contributed by atoms with Crippen molar-refractivity contribution in [3.8, 4) is 5.75 Å². The van der Waals surface area contributed by atoms with Crippen LogP contribution in [0.5, 0.6) is 5.75 Å². The average molecular weight is 196 g/mol. The lowest BCUT2D eigenvalue weighted by atomic mass is 10.3. The van der Waals surface area contributed by atoms with Gasteiger partial charge in [0.1, 0.15) is 12.0 Å². The van der Waals surface area contributed by atoms with Crippen LogP contribution in [-0.4, -0.2) is 11.2 Å². The Balaban J connectivity index is 2.68. The van der Waals surface area contributed by atoms with E-state index in [9.17, 15) is 10.1 Å². The van der Waals surface area contributed by atoms with Crippen molar-refractivity contribution in [1.29, 1.82) is 0 Å². The first kappa shape index (κ1) is 10.5. The molecular formula is C9H12N2O3. The summed E-state index contributed by atoms with van der Waals surface area (Å²) < 4.78 is 5.25. The molecule has 0 heterocycles. The quantitative estimate of drug-likeness (QED) is 0.451. The van der Waals surface area contributed by atoms with E-state index in [1.54, 1.807) is 0 Å². The lowest BCUT2D eigenvalue weighted by Gasteiger charge is -2.11. The van der Waals surface area contributed by atoms with E-state index in [1.165, 1.54) is 24.3 Å². The molecule has 0 aliphatic carbocycles. The molecule has 5 nitrogen and oxygen atoms in total. The normalized spacial score (nSPS) is 12.1. The van der Waals surface area contributed by atoms with Gasteiger partial charge in [0, 0.05) is 12.1 Å². The Morgan fingerprint density at radius 3 is 2.50 bits per heavy atom. The lowest BCUT2D eigenvalue weighted by molar-refractivity contribution is -0.384. The zero-order valence-corrected chi connectivity index (χ0v) is 7.84. The van der Waals surface area contributed by atoms with E-state index in [-0.39, 0.29) is 11.9 Å². The minimum Gasteiger partial charge on any atom is -0.476 e. The minimum atomic E-state index is -0.455. The van der Waals surface area contributed by atoms with Crippen LogP contribution in [0.2, 0.25) is 0 Å². The van der Waals surface area contributed by atoms with Crippen LogP contribution in [-0.2, 0) is 0 Å². The zero-order valence-electron chi connectivity index (χ0n) is 7.84. The van der Waals surface area contributed by atoms with Crippen LogP contribution in [0.1, 0.15) is 13.3 Å². The van der Waals surface area contributed by atoms with Crippen LogP contribution in [0.15, 0.2) is 24.3 Å². The highest BCUT2D eigenvalue weighted by Gasteiger charge is 2.05. The second-order valence-corrected chi connectivity index (χ2v) is 2.82. The molecule has 0 saturated carbocycles. The number of rotatable bonds is 4.